The predicted molar refractivity (Wildman–Crippen MR) is 84.7 cm³/mol. The van der Waals surface area contributed by atoms with E-state index in [0.29, 0.717) is 6.07 Å². The number of aromatic amines is 1. The second kappa shape index (κ2) is 6.23. The van der Waals surface area contributed by atoms with Gasteiger partial charge in [-0.25, -0.2) is 18.0 Å². The van der Waals surface area contributed by atoms with Crippen molar-refractivity contribution in [2.24, 2.45) is 0 Å². The van der Waals surface area contributed by atoms with Crippen molar-refractivity contribution in [3.8, 4) is 11.3 Å². The molecule has 0 amide bonds. The molecule has 24 heavy (non-hydrogen) atoms. The first kappa shape index (κ1) is 11.5. The van der Waals surface area contributed by atoms with Crippen LogP contribution < -0.4 is 0 Å². The Bertz CT molecular complexity index is 1130. The van der Waals surface area contributed by atoms with Crippen LogP contribution in [0.3, 0.4) is 0 Å². The number of aromatic nitrogens is 1. The van der Waals surface area contributed by atoms with Crippen molar-refractivity contribution in [2.45, 2.75) is 0 Å². The van der Waals surface area contributed by atoms with Gasteiger partial charge in [-0.05, 0) is 41.9 Å². The molecule has 0 aliphatic heterocycles. The molecule has 0 saturated heterocycles. The van der Waals surface area contributed by atoms with Gasteiger partial charge in [0.15, 0.2) is 0 Å². The van der Waals surface area contributed by atoms with Crippen molar-refractivity contribution in [1.29, 1.82) is 0 Å². The molecule has 0 bridgehead atoms. The van der Waals surface area contributed by atoms with Gasteiger partial charge in [0.1, 0.15) is 17.5 Å². The van der Waals surface area contributed by atoms with E-state index in [1.165, 1.54) is 0 Å². The highest BCUT2D eigenvalue weighted by Crippen LogP contribution is 2.33. The molecule has 3 aromatic rings. The van der Waals surface area contributed by atoms with E-state index >= 15 is 0 Å². The summed E-state index contributed by atoms with van der Waals surface area (Å²) in [7, 11) is 1.13. The monoisotopic (exact) mass is 335 g/mol. The number of fused-ring (bicyclic) bond motifs is 1. The van der Waals surface area contributed by atoms with Crippen LogP contribution in [0.5, 0.6) is 0 Å². The number of nitrogens with one attached hydrogen (secondary N) is 1. The van der Waals surface area contributed by atoms with E-state index < -0.39 is 47.6 Å². The summed E-state index contributed by atoms with van der Waals surface area (Å²) in [6.07, 6.45) is 2.13. The molecule has 0 atom stereocenters. The van der Waals surface area contributed by atoms with Crippen LogP contribution in [0.4, 0.5) is 13.2 Å². The van der Waals surface area contributed by atoms with Gasteiger partial charge in [0, 0.05) is 23.1 Å². The number of halogens is 3. The summed E-state index contributed by atoms with van der Waals surface area (Å²) >= 11 is 0. The number of H-pyrrole nitrogens is 1. The van der Waals surface area contributed by atoms with Gasteiger partial charge in [-0.15, -0.1) is 0 Å². The maximum absolute atomic E-state index is 14.2. The molecule has 0 fully saturated rings. The summed E-state index contributed by atoms with van der Waals surface area (Å²) in [6, 6.07) is -1.64. The predicted octanol–water partition coefficient (Wildman–Crippen LogP) is 4.44. The Kier molecular flexibility index (Phi) is 2.99. The van der Waals surface area contributed by atoms with Gasteiger partial charge in [0.2, 0.25) is 0 Å². The first-order chi connectivity index (χ1) is 13.2. The highest BCUT2D eigenvalue weighted by molar-refractivity contribution is 6.00. The largest absolute Gasteiger partial charge is 0.466 e. The molecule has 0 unspecified atom stereocenters. The fraction of sp³-hybridized carbons (Fsp3) is 0.0556. The van der Waals surface area contributed by atoms with Gasteiger partial charge in [0.25, 0.3) is 0 Å². The lowest BCUT2D eigenvalue weighted by Gasteiger charge is -2.01. The number of carbonyl (C=O) groups excluding carboxylic acids is 1. The lowest BCUT2D eigenvalue weighted by Crippen LogP contribution is -1.93. The highest BCUT2D eigenvalue weighted by Gasteiger charge is 2.16. The normalized spacial score (nSPS) is 13.7. The zero-order chi connectivity index (χ0) is 20.7. The summed E-state index contributed by atoms with van der Waals surface area (Å²) in [5.41, 5.74) is -0.637. The zero-order valence-electron chi connectivity index (χ0n) is 16.3. The molecule has 0 aliphatic carbocycles. The minimum Gasteiger partial charge on any atom is -0.466 e. The summed E-state index contributed by atoms with van der Waals surface area (Å²) in [4.78, 5) is 14.1. The lowest BCUT2D eigenvalue weighted by molar-refractivity contribution is -0.134. The van der Waals surface area contributed by atoms with Crippen molar-refractivity contribution in [1.82, 2.24) is 4.98 Å². The Balaban J connectivity index is 2.44. The SMILES string of the molecule is [2H]c1c([2H])c(-c2[nH]c3c(F)cc(F)cc3c2/C=C/C(=O)OC)c([2H])c([2H])c1F. The van der Waals surface area contributed by atoms with Gasteiger partial charge in [-0.2, -0.15) is 0 Å². The van der Waals surface area contributed by atoms with Crippen LogP contribution in [0.15, 0.2) is 42.4 Å². The molecule has 6 heteroatoms. The number of methoxy groups -OCH3 is 1. The number of esters is 1. The Morgan fingerprint density at radius 2 is 1.88 bits per heavy atom. The van der Waals surface area contributed by atoms with Crippen molar-refractivity contribution < 1.29 is 28.2 Å². The van der Waals surface area contributed by atoms with Crippen LogP contribution in [0, 0.1) is 17.5 Å². The van der Waals surface area contributed by atoms with Crippen LogP contribution in [0.25, 0.3) is 28.2 Å². The van der Waals surface area contributed by atoms with Crippen LogP contribution in [0.2, 0.25) is 0 Å². The summed E-state index contributed by atoms with van der Waals surface area (Å²) in [5, 5.41) is -0.00570. The lowest BCUT2D eigenvalue weighted by atomic mass is 10.0. The van der Waals surface area contributed by atoms with Crippen molar-refractivity contribution in [3.63, 3.8) is 0 Å². The zero-order valence-corrected chi connectivity index (χ0v) is 12.3. The van der Waals surface area contributed by atoms with Crippen LogP contribution in [-0.4, -0.2) is 18.1 Å². The molecule has 0 saturated carbocycles. The number of benzene rings is 2. The Hall–Kier alpha value is -3.02. The molecule has 1 aromatic heterocycles. The number of hydrogen-bond acceptors (Lipinski definition) is 2. The number of hydrogen-bond donors (Lipinski definition) is 1. The molecule has 0 aliphatic rings. The topological polar surface area (TPSA) is 42.1 Å². The first-order valence-electron chi connectivity index (χ1n) is 8.70. The molecular formula is C18H12F3NO2. The standard InChI is InChI=1S/C18H12F3NO2/c1-24-16(23)7-6-13-14-8-12(20)9-15(21)18(14)22-17(13)10-2-4-11(19)5-3-10/h2-9,22H,1H3/b7-6+/i2D,3D,4D,5D. The molecular weight excluding hydrogens is 319 g/mol. The van der Waals surface area contributed by atoms with Gasteiger partial charge >= 0.3 is 5.97 Å². The van der Waals surface area contributed by atoms with Crippen LogP contribution >= 0.6 is 0 Å². The molecule has 0 spiro atoms. The van der Waals surface area contributed by atoms with Crippen molar-refractivity contribution in [2.75, 3.05) is 7.11 Å². The summed E-state index contributed by atoms with van der Waals surface area (Å²) in [5.74, 6) is -3.97. The van der Waals surface area contributed by atoms with Gasteiger partial charge < -0.3 is 9.72 Å². The van der Waals surface area contributed by atoms with E-state index in [2.05, 4.69) is 9.72 Å². The maximum atomic E-state index is 14.2. The van der Waals surface area contributed by atoms with Gasteiger partial charge in [-0.1, -0.05) is 0 Å². The second-order valence-electron chi connectivity index (χ2n) is 4.77. The smallest absolute Gasteiger partial charge is 0.330 e. The first-order valence-corrected chi connectivity index (χ1v) is 6.70. The molecule has 2 aromatic carbocycles. The second-order valence-corrected chi connectivity index (χ2v) is 4.77. The number of rotatable bonds is 3. The minimum absolute atomic E-state index is 0.00570. The Morgan fingerprint density at radius 1 is 1.17 bits per heavy atom. The molecule has 0 radical (unpaired) electrons. The summed E-state index contributed by atoms with van der Waals surface area (Å²) in [6.45, 7) is 0. The quantitative estimate of drug-likeness (QED) is 0.568. The van der Waals surface area contributed by atoms with E-state index in [0.717, 1.165) is 25.3 Å². The van der Waals surface area contributed by atoms with Crippen molar-refractivity contribution >= 4 is 22.9 Å². The third kappa shape index (κ3) is 2.90. The summed E-state index contributed by atoms with van der Waals surface area (Å²) < 4.78 is 77.6. The third-order valence-corrected chi connectivity index (χ3v) is 3.30. The third-order valence-electron chi connectivity index (χ3n) is 3.30. The number of ether oxygens (including phenoxy) is 1. The van der Waals surface area contributed by atoms with Crippen LogP contribution in [-0.2, 0) is 9.53 Å². The number of carbonyl (C=O) groups is 1. The van der Waals surface area contributed by atoms with E-state index in [1.54, 1.807) is 0 Å². The minimum atomic E-state index is -1.33. The molecule has 3 rings (SSSR count). The van der Waals surface area contributed by atoms with E-state index in [9.17, 15) is 18.0 Å². The van der Waals surface area contributed by atoms with E-state index in [1.807, 2.05) is 0 Å². The van der Waals surface area contributed by atoms with E-state index in [-0.39, 0.29) is 27.7 Å². The maximum Gasteiger partial charge on any atom is 0.330 e. The molecule has 122 valence electrons. The molecule has 1 N–H and O–H groups in total. The fourth-order valence-electron chi connectivity index (χ4n) is 2.25. The highest BCUT2D eigenvalue weighted by atomic mass is 19.1. The fourth-order valence-corrected chi connectivity index (χ4v) is 2.25. The molecule has 1 heterocycles. The molecule has 3 nitrogen and oxygen atoms in total. The van der Waals surface area contributed by atoms with Gasteiger partial charge in [-0.3, -0.25) is 0 Å². The van der Waals surface area contributed by atoms with Crippen molar-refractivity contribution in [3.05, 3.63) is 65.4 Å². The Labute approximate surface area is 141 Å². The average molecular weight is 335 g/mol. The van der Waals surface area contributed by atoms with Gasteiger partial charge in [0.05, 0.1) is 23.8 Å². The van der Waals surface area contributed by atoms with Crippen LogP contribution in [0.1, 0.15) is 11.0 Å². The Morgan fingerprint density at radius 3 is 2.54 bits per heavy atom. The average Bonchev–Trinajstić information content (AvgIpc) is 3.01. The van der Waals surface area contributed by atoms with E-state index in [4.69, 9.17) is 5.48 Å².